The summed E-state index contributed by atoms with van der Waals surface area (Å²) in [5.41, 5.74) is 0. The average molecular weight is 338 g/mol. The Balaban J connectivity index is 1.77. The van der Waals surface area contributed by atoms with Gasteiger partial charge in [0.2, 0.25) is 0 Å². The van der Waals surface area contributed by atoms with E-state index in [1.54, 1.807) is 24.3 Å². The van der Waals surface area contributed by atoms with Crippen molar-refractivity contribution in [3.63, 3.8) is 0 Å². The maximum absolute atomic E-state index is 12.6. The molecule has 4 heteroatoms. The van der Waals surface area contributed by atoms with Crippen molar-refractivity contribution >= 4 is 28.5 Å². The van der Waals surface area contributed by atoms with E-state index in [4.69, 9.17) is 4.74 Å². The van der Waals surface area contributed by atoms with Gasteiger partial charge in [-0.1, -0.05) is 43.3 Å². The average Bonchev–Trinajstić information content (AvgIpc) is 2.61. The quantitative estimate of drug-likeness (QED) is 0.403. The minimum atomic E-state index is -0.298. The number of benzene rings is 3. The van der Waals surface area contributed by atoms with Crippen LogP contribution in [0.5, 0.6) is 11.5 Å². The zero-order chi connectivity index (χ0) is 16.9. The van der Waals surface area contributed by atoms with Crippen molar-refractivity contribution in [2.24, 2.45) is 0 Å². The predicted molar refractivity (Wildman–Crippen MR) is 97.6 cm³/mol. The zero-order valence-corrected chi connectivity index (χ0v) is 14.1. The van der Waals surface area contributed by atoms with Crippen molar-refractivity contribution in [3.05, 3.63) is 66.7 Å². The molecular formula is C20H18O3S. The van der Waals surface area contributed by atoms with Crippen molar-refractivity contribution in [3.8, 4) is 11.5 Å². The van der Waals surface area contributed by atoms with Crippen LogP contribution in [-0.2, 0) is 4.79 Å². The fourth-order valence-electron chi connectivity index (χ4n) is 2.45. The van der Waals surface area contributed by atoms with Crippen molar-refractivity contribution in [1.82, 2.24) is 0 Å². The molecule has 3 rings (SSSR count). The predicted octanol–water partition coefficient (Wildman–Crippen LogP) is 5.02. The minimum absolute atomic E-state index is 0.214. The van der Waals surface area contributed by atoms with Gasteiger partial charge in [-0.05, 0) is 42.1 Å². The molecule has 0 aliphatic carbocycles. The number of phenolic OH excluding ortho intramolecular Hbond substituents is 1. The van der Waals surface area contributed by atoms with Crippen LogP contribution in [0.15, 0.2) is 71.6 Å². The summed E-state index contributed by atoms with van der Waals surface area (Å²) in [4.78, 5) is 13.5. The van der Waals surface area contributed by atoms with Crippen LogP contribution in [0.3, 0.4) is 0 Å². The smallest absolute Gasteiger partial charge is 0.324 e. The van der Waals surface area contributed by atoms with E-state index in [0.717, 1.165) is 15.7 Å². The fraction of sp³-hybridized carbons (Fsp3) is 0.150. The van der Waals surface area contributed by atoms with Gasteiger partial charge >= 0.3 is 5.97 Å². The van der Waals surface area contributed by atoms with E-state index in [1.165, 1.54) is 11.8 Å². The molecule has 0 amide bonds. The number of esters is 1. The summed E-state index contributed by atoms with van der Waals surface area (Å²) in [7, 11) is 0. The van der Waals surface area contributed by atoms with E-state index in [-0.39, 0.29) is 17.0 Å². The Hall–Kier alpha value is -2.46. The molecule has 24 heavy (non-hydrogen) atoms. The lowest BCUT2D eigenvalue weighted by molar-refractivity contribution is -0.133. The van der Waals surface area contributed by atoms with Crippen LogP contribution in [0.1, 0.15) is 13.3 Å². The first kappa shape index (κ1) is 16.4. The van der Waals surface area contributed by atoms with Crippen LogP contribution >= 0.6 is 11.8 Å². The molecule has 0 aromatic heterocycles. The van der Waals surface area contributed by atoms with Gasteiger partial charge in [-0.2, -0.15) is 0 Å². The van der Waals surface area contributed by atoms with Gasteiger partial charge < -0.3 is 9.84 Å². The second-order valence-corrected chi connectivity index (χ2v) is 6.68. The lowest BCUT2D eigenvalue weighted by atomic mass is 10.1. The Morgan fingerprint density at radius 2 is 1.75 bits per heavy atom. The van der Waals surface area contributed by atoms with E-state index in [9.17, 15) is 9.90 Å². The van der Waals surface area contributed by atoms with Gasteiger partial charge in [-0.15, -0.1) is 11.8 Å². The molecule has 0 saturated carbocycles. The molecule has 0 spiro atoms. The maximum atomic E-state index is 12.6. The number of fused-ring (bicyclic) bond motifs is 1. The van der Waals surface area contributed by atoms with Crippen molar-refractivity contribution < 1.29 is 14.6 Å². The third-order valence-electron chi connectivity index (χ3n) is 3.71. The number of hydrogen-bond acceptors (Lipinski definition) is 4. The summed E-state index contributed by atoms with van der Waals surface area (Å²) in [6.45, 7) is 1.96. The molecule has 0 saturated heterocycles. The molecule has 0 fully saturated rings. The fourth-order valence-corrected chi connectivity index (χ4v) is 3.38. The molecule has 0 aliphatic heterocycles. The highest BCUT2D eigenvalue weighted by molar-refractivity contribution is 8.00. The number of hydrogen-bond donors (Lipinski definition) is 1. The number of carbonyl (C=O) groups is 1. The SMILES string of the molecule is CCC(Sc1ccc(O)cc1)C(=O)Oc1cccc2ccccc12. The van der Waals surface area contributed by atoms with Gasteiger partial charge in [0.1, 0.15) is 16.7 Å². The summed E-state index contributed by atoms with van der Waals surface area (Å²) in [5, 5.41) is 11.0. The van der Waals surface area contributed by atoms with Crippen molar-refractivity contribution in [2.45, 2.75) is 23.5 Å². The second kappa shape index (κ2) is 7.41. The normalized spacial score (nSPS) is 12.0. The van der Waals surface area contributed by atoms with Crippen molar-refractivity contribution in [1.29, 1.82) is 0 Å². The van der Waals surface area contributed by atoms with Gasteiger partial charge in [0, 0.05) is 10.3 Å². The van der Waals surface area contributed by atoms with E-state index in [2.05, 4.69) is 0 Å². The minimum Gasteiger partial charge on any atom is -0.508 e. The third-order valence-corrected chi connectivity index (χ3v) is 5.06. The second-order valence-electron chi connectivity index (χ2n) is 5.41. The monoisotopic (exact) mass is 338 g/mol. The number of thioether (sulfide) groups is 1. The highest BCUT2D eigenvalue weighted by atomic mass is 32.2. The van der Waals surface area contributed by atoms with Gasteiger partial charge in [-0.25, -0.2) is 0 Å². The molecule has 1 atom stereocenters. The number of rotatable bonds is 5. The van der Waals surface area contributed by atoms with Gasteiger partial charge in [-0.3, -0.25) is 4.79 Å². The van der Waals surface area contributed by atoms with Crippen LogP contribution < -0.4 is 4.74 Å². The Bertz CT molecular complexity index is 838. The van der Waals surface area contributed by atoms with Crippen LogP contribution in [0.25, 0.3) is 10.8 Å². The summed E-state index contributed by atoms with van der Waals surface area (Å²) in [6, 6.07) is 20.4. The van der Waals surface area contributed by atoms with Crippen LogP contribution in [0.4, 0.5) is 0 Å². The lowest BCUT2D eigenvalue weighted by Crippen LogP contribution is -2.22. The van der Waals surface area contributed by atoms with Crippen LogP contribution in [0.2, 0.25) is 0 Å². The molecule has 3 aromatic rings. The molecular weight excluding hydrogens is 320 g/mol. The van der Waals surface area contributed by atoms with E-state index >= 15 is 0 Å². The zero-order valence-electron chi connectivity index (χ0n) is 13.3. The molecule has 0 bridgehead atoms. The maximum Gasteiger partial charge on any atom is 0.324 e. The Morgan fingerprint density at radius 3 is 2.50 bits per heavy atom. The first-order valence-electron chi connectivity index (χ1n) is 7.82. The molecule has 0 aliphatic rings. The standard InChI is InChI=1S/C20H18O3S/c1-2-19(24-16-12-10-15(21)11-13-16)20(22)23-18-9-5-7-14-6-3-4-8-17(14)18/h3-13,19,21H,2H2,1H3. The molecule has 0 heterocycles. The highest BCUT2D eigenvalue weighted by Crippen LogP contribution is 2.30. The number of carbonyl (C=O) groups excluding carboxylic acids is 1. The van der Waals surface area contributed by atoms with Gasteiger partial charge in [0.25, 0.3) is 0 Å². The molecule has 1 N–H and O–H groups in total. The number of aromatic hydroxyl groups is 1. The summed E-state index contributed by atoms with van der Waals surface area (Å²) < 4.78 is 5.67. The Labute approximate surface area is 145 Å². The molecule has 1 unspecified atom stereocenters. The summed E-state index contributed by atoms with van der Waals surface area (Å²) in [6.07, 6.45) is 0.662. The van der Waals surface area contributed by atoms with E-state index in [1.807, 2.05) is 49.4 Å². The van der Waals surface area contributed by atoms with Crippen LogP contribution in [0, 0.1) is 0 Å². The number of ether oxygens (including phenoxy) is 1. The van der Waals surface area contributed by atoms with Gasteiger partial charge in [0.05, 0.1) is 0 Å². The molecule has 3 nitrogen and oxygen atoms in total. The largest absolute Gasteiger partial charge is 0.508 e. The first-order chi connectivity index (χ1) is 11.7. The lowest BCUT2D eigenvalue weighted by Gasteiger charge is -2.15. The third kappa shape index (κ3) is 3.71. The Morgan fingerprint density at radius 1 is 1.04 bits per heavy atom. The number of phenols is 1. The molecule has 3 aromatic carbocycles. The van der Waals surface area contributed by atoms with E-state index in [0.29, 0.717) is 12.2 Å². The van der Waals surface area contributed by atoms with E-state index < -0.39 is 0 Å². The topological polar surface area (TPSA) is 46.5 Å². The molecule has 122 valence electrons. The highest BCUT2D eigenvalue weighted by Gasteiger charge is 2.21. The first-order valence-corrected chi connectivity index (χ1v) is 8.70. The Kier molecular flexibility index (Phi) is 5.06. The van der Waals surface area contributed by atoms with Crippen molar-refractivity contribution in [2.75, 3.05) is 0 Å². The van der Waals surface area contributed by atoms with Gasteiger partial charge in [0.15, 0.2) is 0 Å². The summed E-state index contributed by atoms with van der Waals surface area (Å²) >= 11 is 1.44. The molecule has 0 radical (unpaired) electrons. The summed E-state index contributed by atoms with van der Waals surface area (Å²) in [5.74, 6) is 0.542. The van der Waals surface area contributed by atoms with Crippen LogP contribution in [-0.4, -0.2) is 16.3 Å².